The van der Waals surface area contributed by atoms with Gasteiger partial charge in [0.15, 0.2) is 0 Å². The van der Waals surface area contributed by atoms with Gasteiger partial charge >= 0.3 is 5.97 Å². The fraction of sp³-hybridized carbons (Fsp3) is 0.571. The minimum atomic E-state index is -0.427. The lowest BCUT2D eigenvalue weighted by atomic mass is 10.4. The van der Waals surface area contributed by atoms with Gasteiger partial charge in [0, 0.05) is 0 Å². The normalized spacial score (nSPS) is 11.2. The molecule has 0 bridgehead atoms. The predicted octanol–water partition coefficient (Wildman–Crippen LogP) is 0.802. The molecular formula is C7H13NO2. The second kappa shape index (κ2) is 4.85. The first kappa shape index (κ1) is 9.01. The summed E-state index contributed by atoms with van der Waals surface area (Å²) in [6, 6.07) is 0. The molecule has 0 atom stereocenters. The molecule has 0 saturated carbocycles. The number of esters is 1. The van der Waals surface area contributed by atoms with Gasteiger partial charge in [-0.05, 0) is 13.3 Å². The van der Waals surface area contributed by atoms with E-state index < -0.39 is 5.97 Å². The lowest BCUT2D eigenvalue weighted by Crippen LogP contribution is -2.14. The molecule has 0 aliphatic rings. The van der Waals surface area contributed by atoms with E-state index in [2.05, 4.69) is 0 Å². The smallest absolute Gasteiger partial charge is 0.353 e. The number of carbonyl (C=O) groups excluding carboxylic acids is 1. The quantitative estimate of drug-likeness (QED) is 0.469. The summed E-state index contributed by atoms with van der Waals surface area (Å²) < 4.78 is 4.71. The third-order valence-electron chi connectivity index (χ3n) is 0.984. The van der Waals surface area contributed by atoms with Gasteiger partial charge in [-0.1, -0.05) is 13.0 Å². The maximum atomic E-state index is 10.7. The zero-order valence-electron chi connectivity index (χ0n) is 6.39. The number of hydrogen-bond acceptors (Lipinski definition) is 3. The van der Waals surface area contributed by atoms with E-state index in [0.29, 0.717) is 6.61 Å². The standard InChI is InChI=1S/C7H13NO2/c1-3-5-10-7(9)6(8)4-2/h4H,3,5,8H2,1-2H3/b6-4-. The van der Waals surface area contributed by atoms with Gasteiger partial charge in [0.05, 0.1) is 6.61 Å². The van der Waals surface area contributed by atoms with Crippen LogP contribution in [0.2, 0.25) is 0 Å². The number of hydrogen-bond donors (Lipinski definition) is 1. The zero-order chi connectivity index (χ0) is 7.98. The summed E-state index contributed by atoms with van der Waals surface area (Å²) in [6.07, 6.45) is 2.35. The van der Waals surface area contributed by atoms with Crippen molar-refractivity contribution >= 4 is 5.97 Å². The van der Waals surface area contributed by atoms with Crippen molar-refractivity contribution < 1.29 is 9.53 Å². The molecule has 58 valence electrons. The fourth-order valence-electron chi connectivity index (χ4n) is 0.396. The van der Waals surface area contributed by atoms with E-state index in [1.54, 1.807) is 6.92 Å². The van der Waals surface area contributed by atoms with Crippen molar-refractivity contribution in [1.29, 1.82) is 0 Å². The molecule has 10 heavy (non-hydrogen) atoms. The van der Waals surface area contributed by atoms with E-state index in [4.69, 9.17) is 10.5 Å². The molecule has 0 amide bonds. The molecule has 0 unspecified atom stereocenters. The van der Waals surface area contributed by atoms with Gasteiger partial charge in [-0.25, -0.2) is 4.79 Å². The lowest BCUT2D eigenvalue weighted by Gasteiger charge is -2.00. The maximum Gasteiger partial charge on any atom is 0.353 e. The molecule has 0 aliphatic heterocycles. The molecule has 0 saturated heterocycles. The summed E-state index contributed by atoms with van der Waals surface area (Å²) in [5.74, 6) is -0.427. The highest BCUT2D eigenvalue weighted by molar-refractivity contribution is 5.87. The molecule has 3 nitrogen and oxygen atoms in total. The van der Waals surface area contributed by atoms with Crippen LogP contribution in [0, 0.1) is 0 Å². The van der Waals surface area contributed by atoms with Gasteiger partial charge in [-0.3, -0.25) is 0 Å². The highest BCUT2D eigenvalue weighted by Gasteiger charge is 2.02. The van der Waals surface area contributed by atoms with Crippen molar-refractivity contribution in [2.45, 2.75) is 20.3 Å². The first-order chi connectivity index (χ1) is 4.72. The van der Waals surface area contributed by atoms with Gasteiger partial charge in [-0.2, -0.15) is 0 Å². The van der Waals surface area contributed by atoms with Crippen molar-refractivity contribution in [3.63, 3.8) is 0 Å². The Bertz CT molecular complexity index is 141. The third kappa shape index (κ3) is 3.12. The van der Waals surface area contributed by atoms with Gasteiger partial charge in [-0.15, -0.1) is 0 Å². The molecule has 0 fully saturated rings. The molecular weight excluding hydrogens is 130 g/mol. The third-order valence-corrected chi connectivity index (χ3v) is 0.984. The molecule has 3 heteroatoms. The Balaban J connectivity index is 3.63. The highest BCUT2D eigenvalue weighted by atomic mass is 16.5. The van der Waals surface area contributed by atoms with Crippen LogP contribution in [0.3, 0.4) is 0 Å². The van der Waals surface area contributed by atoms with Crippen molar-refractivity contribution in [3.8, 4) is 0 Å². The van der Waals surface area contributed by atoms with Crippen molar-refractivity contribution in [3.05, 3.63) is 11.8 Å². The number of nitrogens with two attached hydrogens (primary N) is 1. The van der Waals surface area contributed by atoms with Gasteiger partial charge < -0.3 is 10.5 Å². The van der Waals surface area contributed by atoms with Crippen LogP contribution >= 0.6 is 0 Å². The maximum absolute atomic E-state index is 10.7. The van der Waals surface area contributed by atoms with Crippen LogP contribution < -0.4 is 5.73 Å². The number of rotatable bonds is 3. The summed E-state index contributed by atoms with van der Waals surface area (Å²) in [5.41, 5.74) is 5.42. The minimum absolute atomic E-state index is 0.174. The summed E-state index contributed by atoms with van der Waals surface area (Å²) in [7, 11) is 0. The summed E-state index contributed by atoms with van der Waals surface area (Å²) in [4.78, 5) is 10.7. The van der Waals surface area contributed by atoms with Gasteiger partial charge in [0.2, 0.25) is 0 Å². The van der Waals surface area contributed by atoms with E-state index >= 15 is 0 Å². The molecule has 0 radical (unpaired) electrons. The predicted molar refractivity (Wildman–Crippen MR) is 39.2 cm³/mol. The van der Waals surface area contributed by atoms with E-state index in [1.807, 2.05) is 6.92 Å². The first-order valence-electron chi connectivity index (χ1n) is 3.31. The first-order valence-corrected chi connectivity index (χ1v) is 3.31. The Morgan fingerprint density at radius 2 is 2.30 bits per heavy atom. The van der Waals surface area contributed by atoms with Crippen LogP contribution in [0.1, 0.15) is 20.3 Å². The molecule has 2 N–H and O–H groups in total. The van der Waals surface area contributed by atoms with E-state index in [1.165, 1.54) is 6.08 Å². The van der Waals surface area contributed by atoms with Crippen LogP contribution in [0.25, 0.3) is 0 Å². The average molecular weight is 143 g/mol. The average Bonchev–Trinajstić information content (AvgIpc) is 1.98. The Morgan fingerprint density at radius 1 is 1.70 bits per heavy atom. The number of carbonyl (C=O) groups is 1. The van der Waals surface area contributed by atoms with Gasteiger partial charge in [0.25, 0.3) is 0 Å². The largest absolute Gasteiger partial charge is 0.461 e. The molecule has 0 aromatic carbocycles. The second-order valence-electron chi connectivity index (χ2n) is 1.88. The SMILES string of the molecule is C/C=C(\N)C(=O)OCCC. The van der Waals surface area contributed by atoms with Crippen LogP contribution in [0.5, 0.6) is 0 Å². The van der Waals surface area contributed by atoms with Gasteiger partial charge in [0.1, 0.15) is 5.70 Å². The Hall–Kier alpha value is -0.990. The molecule has 0 heterocycles. The molecule has 0 aromatic rings. The zero-order valence-corrected chi connectivity index (χ0v) is 6.39. The van der Waals surface area contributed by atoms with E-state index in [-0.39, 0.29) is 5.70 Å². The summed E-state index contributed by atoms with van der Waals surface area (Å²) in [6.45, 7) is 4.06. The fourth-order valence-corrected chi connectivity index (χ4v) is 0.396. The van der Waals surface area contributed by atoms with Crippen molar-refractivity contribution in [1.82, 2.24) is 0 Å². The van der Waals surface area contributed by atoms with Crippen LogP contribution in [0.15, 0.2) is 11.8 Å². The molecule has 0 aliphatic carbocycles. The Morgan fingerprint density at radius 3 is 2.70 bits per heavy atom. The summed E-state index contributed by atoms with van der Waals surface area (Å²) in [5, 5.41) is 0. The number of allylic oxidation sites excluding steroid dienone is 1. The van der Waals surface area contributed by atoms with Crippen LogP contribution in [0.4, 0.5) is 0 Å². The van der Waals surface area contributed by atoms with E-state index in [0.717, 1.165) is 6.42 Å². The second-order valence-corrected chi connectivity index (χ2v) is 1.88. The van der Waals surface area contributed by atoms with Crippen molar-refractivity contribution in [2.24, 2.45) is 5.73 Å². The van der Waals surface area contributed by atoms with Crippen LogP contribution in [-0.4, -0.2) is 12.6 Å². The Labute approximate surface area is 60.9 Å². The van der Waals surface area contributed by atoms with Crippen LogP contribution in [-0.2, 0) is 9.53 Å². The number of ether oxygens (including phenoxy) is 1. The summed E-state index contributed by atoms with van der Waals surface area (Å²) >= 11 is 0. The molecule has 0 rings (SSSR count). The monoisotopic (exact) mass is 143 g/mol. The molecule has 0 aromatic heterocycles. The topological polar surface area (TPSA) is 52.3 Å². The Kier molecular flexibility index (Phi) is 4.37. The lowest BCUT2D eigenvalue weighted by molar-refractivity contribution is -0.139. The minimum Gasteiger partial charge on any atom is -0.461 e. The molecule has 0 spiro atoms. The van der Waals surface area contributed by atoms with Crippen molar-refractivity contribution in [2.75, 3.05) is 6.61 Å². The highest BCUT2D eigenvalue weighted by Crippen LogP contribution is 1.89. The van der Waals surface area contributed by atoms with E-state index in [9.17, 15) is 4.79 Å².